The maximum Gasteiger partial charge on any atom is 0.162 e. The van der Waals surface area contributed by atoms with Gasteiger partial charge < -0.3 is 14.8 Å². The number of fused-ring (bicyclic) bond motifs is 2. The van der Waals surface area contributed by atoms with Gasteiger partial charge in [-0.05, 0) is 36.8 Å². The molecule has 4 rings (SSSR count). The van der Waals surface area contributed by atoms with Gasteiger partial charge in [-0.3, -0.25) is 0 Å². The first kappa shape index (κ1) is 12.5. The molecule has 1 aliphatic heterocycles. The second kappa shape index (κ2) is 4.93. The zero-order valence-corrected chi connectivity index (χ0v) is 12.5. The smallest absolute Gasteiger partial charge is 0.162 e. The van der Waals surface area contributed by atoms with Gasteiger partial charge in [0.25, 0.3) is 0 Å². The summed E-state index contributed by atoms with van der Waals surface area (Å²) in [6.45, 7) is 4.70. The predicted molar refractivity (Wildman–Crippen MR) is 82.0 cm³/mol. The van der Waals surface area contributed by atoms with Crippen molar-refractivity contribution in [2.45, 2.75) is 38.8 Å². The van der Waals surface area contributed by atoms with Crippen LogP contribution >= 0.6 is 11.3 Å². The Labute approximate surface area is 122 Å². The topological polar surface area (TPSA) is 30.5 Å². The SMILES string of the molecule is Cc1c(CNC2CC2)sc2cc3c(cc12)OCCCO3. The minimum Gasteiger partial charge on any atom is -0.490 e. The van der Waals surface area contributed by atoms with Crippen LogP contribution in [0.3, 0.4) is 0 Å². The number of benzene rings is 1. The summed E-state index contributed by atoms with van der Waals surface area (Å²) in [6.07, 6.45) is 3.62. The Kier molecular flexibility index (Phi) is 3.08. The lowest BCUT2D eigenvalue weighted by Crippen LogP contribution is -2.14. The molecule has 1 aliphatic carbocycles. The highest BCUT2D eigenvalue weighted by molar-refractivity contribution is 7.19. The number of nitrogens with one attached hydrogen (secondary N) is 1. The van der Waals surface area contributed by atoms with Crippen LogP contribution in [0, 0.1) is 6.92 Å². The summed E-state index contributed by atoms with van der Waals surface area (Å²) in [6, 6.07) is 5.06. The van der Waals surface area contributed by atoms with Gasteiger partial charge in [-0.15, -0.1) is 11.3 Å². The molecule has 4 heteroatoms. The fraction of sp³-hybridized carbons (Fsp3) is 0.500. The molecule has 1 aromatic carbocycles. The van der Waals surface area contributed by atoms with Crippen molar-refractivity contribution in [3.05, 3.63) is 22.6 Å². The molecule has 2 heterocycles. The van der Waals surface area contributed by atoms with E-state index in [9.17, 15) is 0 Å². The number of hydrogen-bond donors (Lipinski definition) is 1. The quantitative estimate of drug-likeness (QED) is 0.936. The van der Waals surface area contributed by atoms with Crippen molar-refractivity contribution in [3.8, 4) is 11.5 Å². The van der Waals surface area contributed by atoms with Crippen molar-refractivity contribution in [1.82, 2.24) is 5.32 Å². The van der Waals surface area contributed by atoms with E-state index >= 15 is 0 Å². The van der Waals surface area contributed by atoms with E-state index in [0.717, 1.165) is 43.7 Å². The van der Waals surface area contributed by atoms with E-state index in [4.69, 9.17) is 9.47 Å². The Morgan fingerprint density at radius 2 is 1.95 bits per heavy atom. The highest BCUT2D eigenvalue weighted by Gasteiger charge is 2.21. The number of thiophene rings is 1. The molecule has 1 fully saturated rings. The molecule has 0 saturated heterocycles. The third kappa shape index (κ3) is 2.27. The van der Waals surface area contributed by atoms with Gasteiger partial charge in [0.05, 0.1) is 13.2 Å². The van der Waals surface area contributed by atoms with Gasteiger partial charge in [0.15, 0.2) is 11.5 Å². The molecule has 3 nitrogen and oxygen atoms in total. The standard InChI is InChI=1S/C16H19NO2S/c1-10-12-7-13-14(19-6-2-5-18-13)8-15(12)20-16(10)9-17-11-3-4-11/h7-8,11,17H,2-6,9H2,1H3. The molecular formula is C16H19NO2S. The second-order valence-corrected chi connectivity index (χ2v) is 6.79. The summed E-state index contributed by atoms with van der Waals surface area (Å²) in [5.74, 6) is 1.80. The van der Waals surface area contributed by atoms with Crippen molar-refractivity contribution < 1.29 is 9.47 Å². The fourth-order valence-corrected chi connectivity index (χ4v) is 3.79. The number of ether oxygens (including phenoxy) is 2. The summed E-state index contributed by atoms with van der Waals surface area (Å²) in [4.78, 5) is 1.44. The molecule has 0 spiro atoms. The molecule has 2 aromatic rings. The zero-order chi connectivity index (χ0) is 13.5. The summed E-state index contributed by atoms with van der Waals surface area (Å²) < 4.78 is 12.9. The van der Waals surface area contributed by atoms with Crippen molar-refractivity contribution in [3.63, 3.8) is 0 Å². The average Bonchev–Trinajstić information content (AvgIpc) is 3.25. The lowest BCUT2D eigenvalue weighted by atomic mass is 10.1. The van der Waals surface area contributed by atoms with E-state index in [0.29, 0.717) is 0 Å². The minimum absolute atomic E-state index is 0.748. The Hall–Kier alpha value is -1.26. The first-order chi connectivity index (χ1) is 9.81. The van der Waals surface area contributed by atoms with Crippen LogP contribution in [-0.4, -0.2) is 19.3 Å². The van der Waals surface area contributed by atoms with Crippen LogP contribution in [0.25, 0.3) is 10.1 Å². The molecular weight excluding hydrogens is 270 g/mol. The van der Waals surface area contributed by atoms with Gasteiger partial charge in [-0.1, -0.05) is 0 Å². The highest BCUT2D eigenvalue weighted by atomic mass is 32.1. The minimum atomic E-state index is 0.748. The van der Waals surface area contributed by atoms with Crippen LogP contribution in [0.5, 0.6) is 11.5 Å². The maximum atomic E-state index is 5.79. The monoisotopic (exact) mass is 289 g/mol. The molecule has 1 aromatic heterocycles. The van der Waals surface area contributed by atoms with Gasteiger partial charge >= 0.3 is 0 Å². The van der Waals surface area contributed by atoms with Crippen LogP contribution < -0.4 is 14.8 Å². The lowest BCUT2D eigenvalue weighted by molar-refractivity contribution is 0.297. The molecule has 0 radical (unpaired) electrons. The highest BCUT2D eigenvalue weighted by Crippen LogP contribution is 2.40. The van der Waals surface area contributed by atoms with Crippen LogP contribution in [0.2, 0.25) is 0 Å². The summed E-state index contributed by atoms with van der Waals surface area (Å²) >= 11 is 1.88. The summed E-state index contributed by atoms with van der Waals surface area (Å²) in [5, 5.41) is 4.91. The first-order valence-electron chi connectivity index (χ1n) is 7.36. The van der Waals surface area contributed by atoms with Crippen molar-refractivity contribution in [2.75, 3.05) is 13.2 Å². The third-order valence-electron chi connectivity index (χ3n) is 4.03. The largest absolute Gasteiger partial charge is 0.490 e. The van der Waals surface area contributed by atoms with E-state index < -0.39 is 0 Å². The van der Waals surface area contributed by atoms with Crippen LogP contribution in [0.1, 0.15) is 29.7 Å². The van der Waals surface area contributed by atoms with Gasteiger partial charge in [0.1, 0.15) is 0 Å². The fourth-order valence-electron chi connectivity index (χ4n) is 2.62. The third-order valence-corrected chi connectivity index (χ3v) is 5.29. The average molecular weight is 289 g/mol. The van der Waals surface area contributed by atoms with Gasteiger partial charge in [0.2, 0.25) is 0 Å². The van der Waals surface area contributed by atoms with Gasteiger partial charge in [-0.2, -0.15) is 0 Å². The maximum absolute atomic E-state index is 5.79. The van der Waals surface area contributed by atoms with Crippen molar-refractivity contribution in [2.24, 2.45) is 0 Å². The second-order valence-electron chi connectivity index (χ2n) is 5.65. The number of aryl methyl sites for hydroxylation is 1. The summed E-state index contributed by atoms with van der Waals surface area (Å²) in [5.41, 5.74) is 1.38. The molecule has 1 N–H and O–H groups in total. The number of rotatable bonds is 3. The predicted octanol–water partition coefficient (Wildman–Crippen LogP) is 3.62. The molecule has 0 amide bonds. The molecule has 0 bridgehead atoms. The normalized spacial score (nSPS) is 18.2. The van der Waals surface area contributed by atoms with Crippen LogP contribution in [0.4, 0.5) is 0 Å². The lowest BCUT2D eigenvalue weighted by Gasteiger charge is -2.07. The van der Waals surface area contributed by atoms with Crippen molar-refractivity contribution >= 4 is 21.4 Å². The van der Waals surface area contributed by atoms with Crippen molar-refractivity contribution in [1.29, 1.82) is 0 Å². The van der Waals surface area contributed by atoms with E-state index in [1.165, 1.54) is 33.4 Å². The number of hydrogen-bond acceptors (Lipinski definition) is 4. The molecule has 2 aliphatic rings. The van der Waals surface area contributed by atoms with Crippen LogP contribution in [-0.2, 0) is 6.54 Å². The van der Waals surface area contributed by atoms with Crippen LogP contribution in [0.15, 0.2) is 12.1 Å². The Balaban J connectivity index is 1.71. The molecule has 20 heavy (non-hydrogen) atoms. The molecule has 0 unspecified atom stereocenters. The Morgan fingerprint density at radius 3 is 2.70 bits per heavy atom. The zero-order valence-electron chi connectivity index (χ0n) is 11.7. The molecule has 106 valence electrons. The molecule has 1 saturated carbocycles. The Morgan fingerprint density at radius 1 is 1.20 bits per heavy atom. The van der Waals surface area contributed by atoms with E-state index in [-0.39, 0.29) is 0 Å². The molecule has 0 atom stereocenters. The van der Waals surface area contributed by atoms with E-state index in [2.05, 4.69) is 24.4 Å². The van der Waals surface area contributed by atoms with E-state index in [1.54, 1.807) is 0 Å². The summed E-state index contributed by atoms with van der Waals surface area (Å²) in [7, 11) is 0. The first-order valence-corrected chi connectivity index (χ1v) is 8.18. The van der Waals surface area contributed by atoms with Gasteiger partial charge in [-0.25, -0.2) is 0 Å². The van der Waals surface area contributed by atoms with E-state index in [1.807, 2.05) is 11.3 Å². The Bertz CT molecular complexity index is 645. The van der Waals surface area contributed by atoms with Gasteiger partial charge in [0, 0.05) is 34.7 Å².